The first-order valence-corrected chi connectivity index (χ1v) is 21.2. The van der Waals surface area contributed by atoms with E-state index in [1.165, 1.54) is 17.5 Å². The smallest absolute Gasteiger partial charge is 0.337 e. The molecule has 2 aromatic rings. The fourth-order valence-electron chi connectivity index (χ4n) is 6.52. The van der Waals surface area contributed by atoms with Gasteiger partial charge in [-0.05, 0) is 53.0 Å². The SMILES string of the molecule is CCOC(=O)[C@H](OC)[C@@H](O)[C@H](C)/C=C(/C)[C@H](O[Si](CC)(CC)CC)[C@H](C)CO[Si](c1ccccc1)(c1ccccc1)C(C)(C)C. The molecule has 0 bridgehead atoms. The van der Waals surface area contributed by atoms with Gasteiger partial charge in [0.2, 0.25) is 0 Å². The van der Waals surface area contributed by atoms with Gasteiger partial charge in [-0.15, -0.1) is 0 Å². The van der Waals surface area contributed by atoms with Crippen molar-refractivity contribution in [2.75, 3.05) is 20.3 Å². The fourth-order valence-corrected chi connectivity index (χ4v) is 14.1. The van der Waals surface area contributed by atoms with Crippen LogP contribution in [0.5, 0.6) is 0 Å². The topological polar surface area (TPSA) is 74.2 Å². The first-order valence-electron chi connectivity index (χ1n) is 16.8. The van der Waals surface area contributed by atoms with Gasteiger partial charge in [-0.3, -0.25) is 0 Å². The third-order valence-corrected chi connectivity index (χ3v) is 19.0. The van der Waals surface area contributed by atoms with Crippen LogP contribution < -0.4 is 10.4 Å². The van der Waals surface area contributed by atoms with E-state index in [0.717, 1.165) is 23.7 Å². The number of carbonyl (C=O) groups is 1. The molecule has 8 heteroatoms. The first-order chi connectivity index (χ1) is 21.3. The predicted molar refractivity (Wildman–Crippen MR) is 191 cm³/mol. The number of rotatable bonds is 18. The molecule has 0 unspecified atom stereocenters. The number of hydrogen-bond acceptors (Lipinski definition) is 6. The van der Waals surface area contributed by atoms with Crippen molar-refractivity contribution in [1.82, 2.24) is 0 Å². The van der Waals surface area contributed by atoms with Crippen molar-refractivity contribution in [3.8, 4) is 0 Å². The van der Waals surface area contributed by atoms with Gasteiger partial charge in [0.05, 0.1) is 18.8 Å². The van der Waals surface area contributed by atoms with Crippen molar-refractivity contribution in [3.63, 3.8) is 0 Å². The average molecular weight is 657 g/mol. The van der Waals surface area contributed by atoms with Gasteiger partial charge >= 0.3 is 5.97 Å². The van der Waals surface area contributed by atoms with Crippen molar-refractivity contribution in [3.05, 3.63) is 72.3 Å². The monoisotopic (exact) mass is 656 g/mol. The maximum absolute atomic E-state index is 12.5. The lowest BCUT2D eigenvalue weighted by atomic mass is 9.92. The van der Waals surface area contributed by atoms with Gasteiger partial charge in [-0.2, -0.15) is 0 Å². The number of aliphatic hydroxyl groups is 1. The molecule has 0 saturated carbocycles. The number of hydrogen-bond donors (Lipinski definition) is 1. The Morgan fingerprint density at radius 3 is 1.76 bits per heavy atom. The standard InChI is InChI=1S/C37H60O6Si2/c1-12-41-36(39)35(40-11)33(38)28(5)26-29(6)34(43-44(13-2,14-3)15-4)30(7)27-42-45(37(8,9)10,31-22-18-16-19-23-31)32-24-20-17-21-25-32/h16-26,28,30,33-35,38H,12-15,27H2,1-11H3/b29-26-/t28-,30-,33+,34+,35-/m1/s1. The molecular formula is C37H60O6Si2. The lowest BCUT2D eigenvalue weighted by Gasteiger charge is -2.44. The van der Waals surface area contributed by atoms with E-state index in [1.54, 1.807) is 6.92 Å². The molecule has 45 heavy (non-hydrogen) atoms. The largest absolute Gasteiger partial charge is 0.464 e. The minimum atomic E-state index is -2.74. The number of aliphatic hydroxyl groups excluding tert-OH is 1. The average Bonchev–Trinajstić information content (AvgIpc) is 3.03. The molecule has 0 spiro atoms. The summed E-state index contributed by atoms with van der Waals surface area (Å²) in [6.07, 6.45) is -0.276. The molecule has 6 nitrogen and oxygen atoms in total. The number of benzene rings is 2. The lowest BCUT2D eigenvalue weighted by Crippen LogP contribution is -2.67. The van der Waals surface area contributed by atoms with E-state index in [1.807, 2.05) is 13.0 Å². The highest BCUT2D eigenvalue weighted by molar-refractivity contribution is 6.99. The molecule has 0 aliphatic carbocycles. The van der Waals surface area contributed by atoms with Gasteiger partial charge in [-0.25, -0.2) is 4.79 Å². The highest BCUT2D eigenvalue weighted by Gasteiger charge is 2.50. The second-order valence-corrected chi connectivity index (χ2v) is 22.4. The Kier molecular flexibility index (Phi) is 15.4. The third kappa shape index (κ3) is 9.49. The summed E-state index contributed by atoms with van der Waals surface area (Å²) >= 11 is 0. The van der Waals surface area contributed by atoms with E-state index in [2.05, 4.69) is 116 Å². The van der Waals surface area contributed by atoms with Crippen LogP contribution in [-0.4, -0.2) is 66.3 Å². The van der Waals surface area contributed by atoms with Gasteiger partial charge in [0.1, 0.15) is 0 Å². The molecule has 2 rings (SSSR count). The molecule has 0 amide bonds. The van der Waals surface area contributed by atoms with E-state index in [4.69, 9.17) is 18.3 Å². The van der Waals surface area contributed by atoms with Crippen LogP contribution in [0.15, 0.2) is 72.3 Å². The second kappa shape index (κ2) is 17.7. The van der Waals surface area contributed by atoms with Crippen molar-refractivity contribution in [2.45, 2.75) is 111 Å². The molecule has 5 atom stereocenters. The fraction of sp³-hybridized carbons (Fsp3) is 0.595. The van der Waals surface area contributed by atoms with Crippen LogP contribution in [-0.2, 0) is 23.1 Å². The Morgan fingerprint density at radius 1 is 0.867 bits per heavy atom. The van der Waals surface area contributed by atoms with E-state index in [9.17, 15) is 9.90 Å². The van der Waals surface area contributed by atoms with Gasteiger partial charge < -0.3 is 23.4 Å². The first kappa shape index (κ1) is 39.1. The van der Waals surface area contributed by atoms with Gasteiger partial charge in [0.25, 0.3) is 8.32 Å². The number of carbonyl (C=O) groups excluding carboxylic acids is 1. The molecule has 2 aromatic carbocycles. The van der Waals surface area contributed by atoms with Crippen molar-refractivity contribution in [1.29, 1.82) is 0 Å². The van der Waals surface area contributed by atoms with Crippen LogP contribution in [0.4, 0.5) is 0 Å². The summed E-state index contributed by atoms with van der Waals surface area (Å²) < 4.78 is 25.1. The summed E-state index contributed by atoms with van der Waals surface area (Å²) in [6.45, 7) is 22.3. The zero-order valence-corrected chi connectivity index (χ0v) is 31.8. The quantitative estimate of drug-likeness (QED) is 0.105. The number of methoxy groups -OCH3 is 1. The summed E-state index contributed by atoms with van der Waals surface area (Å²) in [5, 5.41) is 13.5. The van der Waals surface area contributed by atoms with Crippen molar-refractivity contribution in [2.24, 2.45) is 11.8 Å². The normalized spacial score (nSPS) is 16.5. The Hall–Kier alpha value is -2.08. The van der Waals surface area contributed by atoms with E-state index < -0.39 is 34.8 Å². The maximum atomic E-state index is 12.5. The molecule has 0 radical (unpaired) electrons. The number of esters is 1. The van der Waals surface area contributed by atoms with Gasteiger partial charge in [0, 0.05) is 25.6 Å². The van der Waals surface area contributed by atoms with Crippen LogP contribution in [0, 0.1) is 11.8 Å². The molecule has 1 N–H and O–H groups in total. The van der Waals surface area contributed by atoms with Crippen LogP contribution in [0.25, 0.3) is 0 Å². The summed E-state index contributed by atoms with van der Waals surface area (Å²) in [7, 11) is -3.34. The van der Waals surface area contributed by atoms with Gasteiger partial charge in [-0.1, -0.05) is 122 Å². The highest BCUT2D eigenvalue weighted by atomic mass is 28.4. The molecule has 0 heterocycles. The lowest BCUT2D eigenvalue weighted by molar-refractivity contribution is -0.163. The number of ether oxygens (including phenoxy) is 2. The Labute approximate surface area is 275 Å². The second-order valence-electron chi connectivity index (χ2n) is 13.4. The minimum Gasteiger partial charge on any atom is -0.464 e. The van der Waals surface area contributed by atoms with Gasteiger partial charge in [0.15, 0.2) is 14.4 Å². The van der Waals surface area contributed by atoms with E-state index in [0.29, 0.717) is 6.61 Å². The molecule has 0 aliphatic rings. The molecular weight excluding hydrogens is 597 g/mol. The van der Waals surface area contributed by atoms with Crippen molar-refractivity contribution >= 4 is 33.0 Å². The van der Waals surface area contributed by atoms with E-state index in [-0.39, 0.29) is 29.6 Å². The summed E-state index contributed by atoms with van der Waals surface area (Å²) in [6, 6.07) is 24.5. The molecule has 252 valence electrons. The summed E-state index contributed by atoms with van der Waals surface area (Å²) in [5.41, 5.74) is 1.03. The Morgan fingerprint density at radius 2 is 1.36 bits per heavy atom. The van der Waals surface area contributed by atoms with Crippen LogP contribution in [0.2, 0.25) is 23.2 Å². The summed E-state index contributed by atoms with van der Waals surface area (Å²) in [4.78, 5) is 12.5. The van der Waals surface area contributed by atoms with Crippen LogP contribution >= 0.6 is 0 Å². The molecule has 0 saturated heterocycles. The maximum Gasteiger partial charge on any atom is 0.337 e. The third-order valence-electron chi connectivity index (χ3n) is 9.40. The van der Waals surface area contributed by atoms with Crippen molar-refractivity contribution < 1.29 is 28.2 Å². The predicted octanol–water partition coefficient (Wildman–Crippen LogP) is 7.11. The molecule has 0 aliphatic heterocycles. The highest BCUT2D eigenvalue weighted by Crippen LogP contribution is 2.38. The van der Waals surface area contributed by atoms with Crippen LogP contribution in [0.1, 0.15) is 69.2 Å². The zero-order valence-electron chi connectivity index (χ0n) is 29.8. The van der Waals surface area contributed by atoms with Crippen LogP contribution in [0.3, 0.4) is 0 Å². The Balaban J connectivity index is 2.56. The Bertz CT molecular complexity index is 1130. The zero-order chi connectivity index (χ0) is 33.8. The van der Waals surface area contributed by atoms with E-state index >= 15 is 0 Å². The summed E-state index contributed by atoms with van der Waals surface area (Å²) in [5.74, 6) is -0.886. The minimum absolute atomic E-state index is 0.0343. The molecule has 0 fully saturated rings. The molecule has 0 aromatic heterocycles.